The third-order valence-electron chi connectivity index (χ3n) is 3.68. The smallest absolute Gasteiger partial charge is 0.258 e. The summed E-state index contributed by atoms with van der Waals surface area (Å²) in [6.07, 6.45) is 1.81. The molecule has 0 aliphatic rings. The van der Waals surface area contributed by atoms with Crippen LogP contribution in [0.5, 0.6) is 0 Å². The van der Waals surface area contributed by atoms with E-state index in [0.717, 1.165) is 26.9 Å². The van der Waals surface area contributed by atoms with Crippen molar-refractivity contribution in [1.29, 1.82) is 0 Å². The lowest BCUT2D eigenvalue weighted by atomic mass is 10.1. The molecule has 0 unspecified atom stereocenters. The Labute approximate surface area is 152 Å². The van der Waals surface area contributed by atoms with Crippen LogP contribution < -0.4 is 5.56 Å². The summed E-state index contributed by atoms with van der Waals surface area (Å²) in [5.41, 5.74) is 2.88. The Kier molecular flexibility index (Phi) is 4.14. The van der Waals surface area contributed by atoms with Crippen LogP contribution in [0.1, 0.15) is 16.1 Å². The van der Waals surface area contributed by atoms with Gasteiger partial charge in [0, 0.05) is 28.5 Å². The number of aryl methyl sites for hydroxylation is 2. The first-order valence-corrected chi connectivity index (χ1v) is 9.50. The van der Waals surface area contributed by atoms with E-state index in [9.17, 15) is 4.79 Å². The van der Waals surface area contributed by atoms with Crippen LogP contribution in [-0.4, -0.2) is 24.6 Å². The summed E-state index contributed by atoms with van der Waals surface area (Å²) in [7, 11) is 0. The van der Waals surface area contributed by atoms with E-state index in [0.29, 0.717) is 10.9 Å². The molecule has 0 spiro atoms. The Morgan fingerprint density at radius 2 is 2.00 bits per heavy atom. The second kappa shape index (κ2) is 6.45. The zero-order chi connectivity index (χ0) is 17.4. The number of H-pyrrole nitrogens is 1. The first-order valence-electron chi connectivity index (χ1n) is 7.69. The van der Waals surface area contributed by atoms with Crippen LogP contribution in [0.2, 0.25) is 0 Å². The van der Waals surface area contributed by atoms with Gasteiger partial charge in [0.15, 0.2) is 10.8 Å². The summed E-state index contributed by atoms with van der Waals surface area (Å²) in [6.45, 7) is 4.01. The Bertz CT molecular complexity index is 1090. The van der Waals surface area contributed by atoms with Crippen LogP contribution in [0.3, 0.4) is 0 Å². The molecule has 0 atom stereocenters. The van der Waals surface area contributed by atoms with Gasteiger partial charge in [0.2, 0.25) is 5.16 Å². The molecule has 0 fully saturated rings. The highest BCUT2D eigenvalue weighted by molar-refractivity contribution is 7.98. The fourth-order valence-electron chi connectivity index (χ4n) is 2.42. The predicted molar refractivity (Wildman–Crippen MR) is 100 cm³/mol. The topological polar surface area (TPSA) is 75.9 Å². The van der Waals surface area contributed by atoms with Crippen molar-refractivity contribution < 1.29 is 0 Å². The number of rotatable bonds is 4. The molecule has 25 heavy (non-hydrogen) atoms. The number of hydrogen-bond donors (Lipinski definition) is 1. The molecule has 8 heteroatoms. The van der Waals surface area contributed by atoms with E-state index in [2.05, 4.69) is 20.2 Å². The fraction of sp³-hybridized carbons (Fsp3) is 0.176. The van der Waals surface area contributed by atoms with Crippen LogP contribution in [-0.2, 0) is 5.75 Å². The van der Waals surface area contributed by atoms with Gasteiger partial charge in [-0.05, 0) is 13.8 Å². The van der Waals surface area contributed by atoms with E-state index < -0.39 is 0 Å². The Balaban J connectivity index is 1.52. The van der Waals surface area contributed by atoms with Crippen molar-refractivity contribution in [2.24, 2.45) is 0 Å². The van der Waals surface area contributed by atoms with Crippen molar-refractivity contribution in [3.63, 3.8) is 0 Å². The van der Waals surface area contributed by atoms with Gasteiger partial charge in [-0.15, -0.1) is 16.4 Å². The number of thiazole rings is 1. The SMILES string of the molecule is Cc1ccc(-c2nc(SCc3cc(=O)n4cc(C)sc4n3)n[nH]2)cc1. The highest BCUT2D eigenvalue weighted by Crippen LogP contribution is 2.22. The number of thioether (sulfide) groups is 1. The molecular weight excluding hydrogens is 354 g/mol. The van der Waals surface area contributed by atoms with Gasteiger partial charge < -0.3 is 0 Å². The maximum Gasteiger partial charge on any atom is 0.258 e. The standard InChI is InChI=1S/C17H15N5OS2/c1-10-3-5-12(6-4-10)15-19-16(21-20-15)24-9-13-7-14(23)22-8-11(2)25-17(22)18-13/h3-8H,9H2,1-2H3,(H,19,20,21). The van der Waals surface area contributed by atoms with Gasteiger partial charge in [-0.3, -0.25) is 14.3 Å². The molecular formula is C17H15N5OS2. The average molecular weight is 369 g/mol. The second-order valence-electron chi connectivity index (χ2n) is 5.70. The van der Waals surface area contributed by atoms with Gasteiger partial charge in [0.25, 0.3) is 5.56 Å². The van der Waals surface area contributed by atoms with E-state index in [1.54, 1.807) is 10.5 Å². The molecule has 1 aromatic carbocycles. The number of fused-ring (bicyclic) bond motifs is 1. The van der Waals surface area contributed by atoms with Crippen molar-refractivity contribution in [2.75, 3.05) is 0 Å². The number of nitrogens with one attached hydrogen (secondary N) is 1. The molecule has 4 aromatic rings. The van der Waals surface area contributed by atoms with E-state index in [1.165, 1.54) is 28.7 Å². The van der Waals surface area contributed by atoms with Gasteiger partial charge >= 0.3 is 0 Å². The summed E-state index contributed by atoms with van der Waals surface area (Å²) in [4.78, 5) is 22.9. The molecule has 0 aliphatic heterocycles. The van der Waals surface area contributed by atoms with Crippen LogP contribution >= 0.6 is 23.1 Å². The summed E-state index contributed by atoms with van der Waals surface area (Å²) in [5.74, 6) is 1.29. The highest BCUT2D eigenvalue weighted by Gasteiger charge is 2.09. The summed E-state index contributed by atoms with van der Waals surface area (Å²) < 4.78 is 1.58. The monoisotopic (exact) mass is 369 g/mol. The van der Waals surface area contributed by atoms with E-state index in [-0.39, 0.29) is 5.56 Å². The number of benzene rings is 1. The van der Waals surface area contributed by atoms with Gasteiger partial charge in [-0.1, -0.05) is 41.6 Å². The molecule has 1 N–H and O–H groups in total. The van der Waals surface area contributed by atoms with Crippen molar-refractivity contribution in [1.82, 2.24) is 24.6 Å². The molecule has 0 saturated carbocycles. The Morgan fingerprint density at radius 3 is 2.80 bits per heavy atom. The van der Waals surface area contributed by atoms with Crippen molar-refractivity contribution in [2.45, 2.75) is 24.8 Å². The molecule has 4 rings (SSSR count). The second-order valence-corrected chi connectivity index (χ2v) is 7.86. The van der Waals surface area contributed by atoms with Gasteiger partial charge in [0.05, 0.1) is 5.69 Å². The van der Waals surface area contributed by atoms with Crippen LogP contribution in [0.15, 0.2) is 46.5 Å². The van der Waals surface area contributed by atoms with Crippen molar-refractivity contribution in [3.05, 3.63) is 63.0 Å². The van der Waals surface area contributed by atoms with Crippen LogP contribution in [0, 0.1) is 13.8 Å². The first-order chi connectivity index (χ1) is 12.1. The molecule has 6 nitrogen and oxygen atoms in total. The highest BCUT2D eigenvalue weighted by atomic mass is 32.2. The average Bonchev–Trinajstić information content (AvgIpc) is 3.20. The molecule has 3 aromatic heterocycles. The number of aromatic amines is 1. The number of nitrogens with zero attached hydrogens (tertiary/aromatic N) is 4. The molecule has 0 amide bonds. The largest absolute Gasteiger partial charge is 0.269 e. The molecule has 3 heterocycles. The molecule has 0 aliphatic carbocycles. The molecule has 0 radical (unpaired) electrons. The maximum absolute atomic E-state index is 12.1. The molecule has 0 saturated heterocycles. The number of hydrogen-bond acceptors (Lipinski definition) is 6. The summed E-state index contributed by atoms with van der Waals surface area (Å²) >= 11 is 2.97. The minimum atomic E-state index is -0.0553. The van der Waals surface area contributed by atoms with Crippen LogP contribution in [0.4, 0.5) is 0 Å². The maximum atomic E-state index is 12.1. The Morgan fingerprint density at radius 1 is 1.20 bits per heavy atom. The minimum absolute atomic E-state index is 0.0553. The summed E-state index contributed by atoms with van der Waals surface area (Å²) in [6, 6.07) is 9.68. The van der Waals surface area contributed by atoms with Gasteiger partial charge in [0.1, 0.15) is 0 Å². The fourth-order valence-corrected chi connectivity index (χ4v) is 3.96. The van der Waals surface area contributed by atoms with Gasteiger partial charge in [-0.2, -0.15) is 0 Å². The third-order valence-corrected chi connectivity index (χ3v) is 5.45. The summed E-state index contributed by atoms with van der Waals surface area (Å²) in [5, 5.41) is 7.83. The lowest BCUT2D eigenvalue weighted by molar-refractivity contribution is 0.969. The Hall–Kier alpha value is -2.45. The third kappa shape index (κ3) is 3.35. The lowest BCUT2D eigenvalue weighted by Gasteiger charge is -1.98. The van der Waals surface area contributed by atoms with Crippen molar-refractivity contribution in [3.8, 4) is 11.4 Å². The zero-order valence-corrected chi connectivity index (χ0v) is 15.3. The first kappa shape index (κ1) is 16.0. The number of aromatic nitrogens is 5. The quantitative estimate of drug-likeness (QED) is 0.558. The normalized spacial score (nSPS) is 11.3. The molecule has 0 bridgehead atoms. The van der Waals surface area contributed by atoms with Crippen LogP contribution in [0.25, 0.3) is 16.3 Å². The lowest BCUT2D eigenvalue weighted by Crippen LogP contribution is -2.12. The predicted octanol–water partition coefficient (Wildman–Crippen LogP) is 3.45. The van der Waals surface area contributed by atoms with E-state index in [1.807, 2.05) is 44.3 Å². The van der Waals surface area contributed by atoms with E-state index >= 15 is 0 Å². The molecule has 126 valence electrons. The van der Waals surface area contributed by atoms with E-state index in [4.69, 9.17) is 0 Å². The van der Waals surface area contributed by atoms with Gasteiger partial charge in [-0.25, -0.2) is 9.97 Å². The zero-order valence-electron chi connectivity index (χ0n) is 13.7. The minimum Gasteiger partial charge on any atom is -0.269 e. The van der Waals surface area contributed by atoms with Crippen molar-refractivity contribution >= 4 is 28.1 Å².